The lowest BCUT2D eigenvalue weighted by molar-refractivity contribution is 0.206. The van der Waals surface area contributed by atoms with Crippen LogP contribution >= 0.6 is 0 Å². The second kappa shape index (κ2) is 4.86. The SMILES string of the molecule is COCCN(C)c1c(C)cccc1N. The lowest BCUT2D eigenvalue weighted by Crippen LogP contribution is -2.23. The molecule has 1 aromatic carbocycles. The Morgan fingerprint density at radius 2 is 2.14 bits per heavy atom. The van der Waals surface area contributed by atoms with Crippen molar-refractivity contribution in [1.82, 2.24) is 0 Å². The molecule has 0 aromatic heterocycles. The van der Waals surface area contributed by atoms with Gasteiger partial charge in [0, 0.05) is 20.7 Å². The van der Waals surface area contributed by atoms with Crippen molar-refractivity contribution in [3.05, 3.63) is 23.8 Å². The third-order valence-electron chi connectivity index (χ3n) is 2.28. The standard InChI is InChI=1S/C11H18N2O/c1-9-5-4-6-10(12)11(9)13(2)7-8-14-3/h4-6H,7-8,12H2,1-3H3. The van der Waals surface area contributed by atoms with Crippen LogP contribution in [-0.2, 0) is 4.74 Å². The van der Waals surface area contributed by atoms with Crippen LogP contribution in [0.5, 0.6) is 0 Å². The molecule has 0 radical (unpaired) electrons. The Hall–Kier alpha value is -1.22. The third kappa shape index (κ3) is 2.39. The third-order valence-corrected chi connectivity index (χ3v) is 2.28. The van der Waals surface area contributed by atoms with Crippen LogP contribution in [0.2, 0.25) is 0 Å². The number of hydrogen-bond donors (Lipinski definition) is 1. The maximum Gasteiger partial charge on any atom is 0.0637 e. The van der Waals surface area contributed by atoms with Crippen molar-refractivity contribution in [2.24, 2.45) is 0 Å². The van der Waals surface area contributed by atoms with E-state index in [9.17, 15) is 0 Å². The molecule has 0 atom stereocenters. The van der Waals surface area contributed by atoms with E-state index in [1.807, 2.05) is 19.2 Å². The van der Waals surface area contributed by atoms with Gasteiger partial charge in [0.05, 0.1) is 18.0 Å². The Bertz CT molecular complexity index is 279. The summed E-state index contributed by atoms with van der Waals surface area (Å²) in [4.78, 5) is 2.12. The maximum absolute atomic E-state index is 5.91. The summed E-state index contributed by atoms with van der Waals surface area (Å²) in [5.74, 6) is 0. The van der Waals surface area contributed by atoms with E-state index in [4.69, 9.17) is 10.5 Å². The van der Waals surface area contributed by atoms with Gasteiger partial charge < -0.3 is 15.4 Å². The summed E-state index contributed by atoms with van der Waals surface area (Å²) in [5.41, 5.74) is 9.03. The van der Waals surface area contributed by atoms with E-state index >= 15 is 0 Å². The van der Waals surface area contributed by atoms with Crippen molar-refractivity contribution < 1.29 is 4.74 Å². The van der Waals surface area contributed by atoms with Crippen molar-refractivity contribution in [2.75, 3.05) is 37.9 Å². The molecule has 0 fully saturated rings. The van der Waals surface area contributed by atoms with E-state index in [1.54, 1.807) is 7.11 Å². The number of methoxy groups -OCH3 is 1. The van der Waals surface area contributed by atoms with Gasteiger partial charge in [-0.2, -0.15) is 0 Å². The molecular weight excluding hydrogens is 176 g/mol. The average Bonchev–Trinajstić information content (AvgIpc) is 2.14. The van der Waals surface area contributed by atoms with Crippen LogP contribution in [0.3, 0.4) is 0 Å². The van der Waals surface area contributed by atoms with Crippen molar-refractivity contribution in [2.45, 2.75) is 6.92 Å². The lowest BCUT2D eigenvalue weighted by Gasteiger charge is -2.22. The molecule has 0 aliphatic carbocycles. The molecule has 3 nitrogen and oxygen atoms in total. The second-order valence-electron chi connectivity index (χ2n) is 3.43. The predicted molar refractivity (Wildman–Crippen MR) is 60.7 cm³/mol. The van der Waals surface area contributed by atoms with Gasteiger partial charge in [-0.25, -0.2) is 0 Å². The number of benzene rings is 1. The number of likely N-dealkylation sites (N-methyl/N-ethyl adjacent to an activating group) is 1. The fraction of sp³-hybridized carbons (Fsp3) is 0.455. The molecule has 2 N–H and O–H groups in total. The largest absolute Gasteiger partial charge is 0.397 e. The van der Waals surface area contributed by atoms with E-state index in [2.05, 4.69) is 17.9 Å². The van der Waals surface area contributed by atoms with Gasteiger partial charge in [-0.1, -0.05) is 12.1 Å². The Morgan fingerprint density at radius 1 is 1.43 bits per heavy atom. The molecule has 0 unspecified atom stereocenters. The summed E-state index contributed by atoms with van der Waals surface area (Å²) in [6.45, 7) is 3.63. The average molecular weight is 194 g/mol. The maximum atomic E-state index is 5.91. The van der Waals surface area contributed by atoms with Gasteiger partial charge >= 0.3 is 0 Å². The highest BCUT2D eigenvalue weighted by Gasteiger charge is 2.07. The van der Waals surface area contributed by atoms with E-state index in [0.717, 1.165) is 17.9 Å². The number of hydrogen-bond acceptors (Lipinski definition) is 3. The lowest BCUT2D eigenvalue weighted by atomic mass is 10.1. The Kier molecular flexibility index (Phi) is 3.77. The molecule has 0 saturated heterocycles. The van der Waals surface area contributed by atoms with Gasteiger partial charge in [0.1, 0.15) is 0 Å². The summed E-state index contributed by atoms with van der Waals surface area (Å²) in [5, 5.41) is 0. The van der Waals surface area contributed by atoms with E-state index in [1.165, 1.54) is 5.56 Å². The number of ether oxygens (including phenoxy) is 1. The predicted octanol–water partition coefficient (Wildman–Crippen LogP) is 1.66. The van der Waals surface area contributed by atoms with Crippen LogP contribution in [0.15, 0.2) is 18.2 Å². The van der Waals surface area contributed by atoms with Crippen LogP contribution in [0.1, 0.15) is 5.56 Å². The summed E-state index contributed by atoms with van der Waals surface area (Å²) in [6.07, 6.45) is 0. The van der Waals surface area contributed by atoms with Crippen molar-refractivity contribution in [3.63, 3.8) is 0 Å². The van der Waals surface area contributed by atoms with Gasteiger partial charge in [0.25, 0.3) is 0 Å². The molecule has 0 aliphatic rings. The molecule has 0 amide bonds. The number of aryl methyl sites for hydroxylation is 1. The molecule has 0 saturated carbocycles. The van der Waals surface area contributed by atoms with Gasteiger partial charge in [-0.3, -0.25) is 0 Å². The number of anilines is 2. The zero-order chi connectivity index (χ0) is 10.6. The molecule has 0 spiro atoms. The van der Waals surface area contributed by atoms with Crippen molar-refractivity contribution >= 4 is 11.4 Å². The van der Waals surface area contributed by atoms with Gasteiger partial charge in [0.15, 0.2) is 0 Å². The zero-order valence-corrected chi connectivity index (χ0v) is 9.08. The Balaban J connectivity index is 2.82. The zero-order valence-electron chi connectivity index (χ0n) is 9.08. The number of rotatable bonds is 4. The first-order valence-corrected chi connectivity index (χ1v) is 4.72. The quantitative estimate of drug-likeness (QED) is 0.741. The summed E-state index contributed by atoms with van der Waals surface area (Å²) < 4.78 is 5.03. The van der Waals surface area contributed by atoms with Gasteiger partial charge in [-0.15, -0.1) is 0 Å². The topological polar surface area (TPSA) is 38.5 Å². The monoisotopic (exact) mass is 194 g/mol. The first-order valence-electron chi connectivity index (χ1n) is 4.72. The number of nitrogens with zero attached hydrogens (tertiary/aromatic N) is 1. The molecule has 78 valence electrons. The number of para-hydroxylation sites is 1. The van der Waals surface area contributed by atoms with Gasteiger partial charge in [0.2, 0.25) is 0 Å². The molecule has 0 heterocycles. The van der Waals surface area contributed by atoms with Crippen LogP contribution in [0, 0.1) is 6.92 Å². The normalized spacial score (nSPS) is 10.2. The van der Waals surface area contributed by atoms with Crippen LogP contribution in [0.4, 0.5) is 11.4 Å². The van der Waals surface area contributed by atoms with Crippen molar-refractivity contribution in [3.8, 4) is 0 Å². The highest BCUT2D eigenvalue weighted by molar-refractivity contribution is 5.70. The minimum Gasteiger partial charge on any atom is -0.397 e. The van der Waals surface area contributed by atoms with E-state index in [-0.39, 0.29) is 0 Å². The van der Waals surface area contributed by atoms with Crippen LogP contribution in [-0.4, -0.2) is 27.3 Å². The Labute approximate surface area is 85.5 Å². The summed E-state index contributed by atoms with van der Waals surface area (Å²) in [7, 11) is 3.73. The fourth-order valence-corrected chi connectivity index (χ4v) is 1.54. The molecule has 0 aliphatic heterocycles. The summed E-state index contributed by atoms with van der Waals surface area (Å²) >= 11 is 0. The fourth-order valence-electron chi connectivity index (χ4n) is 1.54. The number of nitrogens with two attached hydrogens (primary N) is 1. The molecule has 14 heavy (non-hydrogen) atoms. The van der Waals surface area contributed by atoms with E-state index in [0.29, 0.717) is 6.61 Å². The smallest absolute Gasteiger partial charge is 0.0637 e. The Morgan fingerprint density at radius 3 is 2.71 bits per heavy atom. The van der Waals surface area contributed by atoms with Crippen LogP contribution in [0.25, 0.3) is 0 Å². The minimum atomic E-state index is 0.713. The molecule has 3 heteroatoms. The van der Waals surface area contributed by atoms with E-state index < -0.39 is 0 Å². The first-order chi connectivity index (χ1) is 6.66. The number of nitrogen functional groups attached to an aromatic ring is 1. The van der Waals surface area contributed by atoms with Gasteiger partial charge in [-0.05, 0) is 18.6 Å². The highest BCUT2D eigenvalue weighted by Crippen LogP contribution is 2.25. The molecule has 0 bridgehead atoms. The minimum absolute atomic E-state index is 0.713. The molecular formula is C11H18N2O. The van der Waals surface area contributed by atoms with Crippen molar-refractivity contribution in [1.29, 1.82) is 0 Å². The summed E-state index contributed by atoms with van der Waals surface area (Å²) in [6, 6.07) is 5.96. The second-order valence-corrected chi connectivity index (χ2v) is 3.43. The molecule has 1 aromatic rings. The molecule has 1 rings (SSSR count). The van der Waals surface area contributed by atoms with Crippen LogP contribution < -0.4 is 10.6 Å². The first kappa shape index (κ1) is 10.9. The highest BCUT2D eigenvalue weighted by atomic mass is 16.5.